The van der Waals surface area contributed by atoms with E-state index in [-0.39, 0.29) is 19.4 Å². The molecule has 0 aliphatic heterocycles. The first kappa shape index (κ1) is 45.3. The summed E-state index contributed by atoms with van der Waals surface area (Å²) in [4.78, 5) is 42.6. The van der Waals surface area contributed by atoms with E-state index in [9.17, 15) is 14.2 Å². The van der Waals surface area contributed by atoms with E-state index in [0.29, 0.717) is 12.8 Å². The van der Waals surface area contributed by atoms with Gasteiger partial charge in [-0.1, -0.05) is 134 Å². The van der Waals surface area contributed by atoms with Crippen molar-refractivity contribution >= 4 is 19.8 Å². The third kappa shape index (κ3) is 36.9. The SMILES string of the molecule is CCCC/C=C\CCCCCCCC(=O)OCC(COP(=O)(O)O)OC(=O)CCCCCCCCC/C=C\C/C=C\CCCCCC. The summed E-state index contributed by atoms with van der Waals surface area (Å²) in [6.07, 6.45) is 38.6. The van der Waals surface area contributed by atoms with Crippen LogP contribution < -0.4 is 0 Å². The fraction of sp³-hybridized carbons (Fsp3) is 0.789. The average Bonchev–Trinajstić information content (AvgIpc) is 3.03. The molecular formula is C38H69O8P. The number of ether oxygens (including phenoxy) is 2. The fourth-order valence-corrected chi connectivity index (χ4v) is 5.39. The van der Waals surface area contributed by atoms with Gasteiger partial charge in [-0.05, 0) is 64.2 Å². The van der Waals surface area contributed by atoms with Gasteiger partial charge in [0.25, 0.3) is 0 Å². The van der Waals surface area contributed by atoms with Gasteiger partial charge in [-0.2, -0.15) is 0 Å². The van der Waals surface area contributed by atoms with E-state index in [1.807, 2.05) is 0 Å². The molecule has 0 aromatic carbocycles. The van der Waals surface area contributed by atoms with Crippen molar-refractivity contribution in [3.63, 3.8) is 0 Å². The lowest BCUT2D eigenvalue weighted by molar-refractivity contribution is -0.161. The molecule has 0 fully saturated rings. The van der Waals surface area contributed by atoms with Crippen LogP contribution in [0.3, 0.4) is 0 Å². The van der Waals surface area contributed by atoms with Gasteiger partial charge < -0.3 is 19.3 Å². The third-order valence-corrected chi connectivity index (χ3v) is 8.37. The maximum absolute atomic E-state index is 12.4. The molecule has 1 atom stereocenters. The lowest BCUT2D eigenvalue weighted by Crippen LogP contribution is -2.29. The van der Waals surface area contributed by atoms with Crippen LogP contribution in [0.15, 0.2) is 36.5 Å². The molecule has 0 saturated carbocycles. The van der Waals surface area contributed by atoms with Gasteiger partial charge in [0.1, 0.15) is 6.61 Å². The van der Waals surface area contributed by atoms with Crippen molar-refractivity contribution in [3.05, 3.63) is 36.5 Å². The summed E-state index contributed by atoms with van der Waals surface area (Å²) < 4.78 is 26.3. The molecule has 274 valence electrons. The molecule has 0 radical (unpaired) electrons. The van der Waals surface area contributed by atoms with Crippen molar-refractivity contribution < 1.29 is 37.9 Å². The Morgan fingerprint density at radius 3 is 1.49 bits per heavy atom. The Hall–Kier alpha value is -1.73. The van der Waals surface area contributed by atoms with E-state index in [1.165, 1.54) is 64.2 Å². The minimum absolute atomic E-state index is 0.201. The summed E-state index contributed by atoms with van der Waals surface area (Å²) in [7, 11) is -4.75. The number of phosphoric ester groups is 1. The van der Waals surface area contributed by atoms with Crippen molar-refractivity contribution in [1.82, 2.24) is 0 Å². The van der Waals surface area contributed by atoms with Crippen LogP contribution in [0.2, 0.25) is 0 Å². The number of carbonyl (C=O) groups is 2. The summed E-state index contributed by atoms with van der Waals surface area (Å²) >= 11 is 0. The van der Waals surface area contributed by atoms with E-state index in [1.54, 1.807) is 0 Å². The van der Waals surface area contributed by atoms with Crippen LogP contribution in [-0.4, -0.2) is 41.0 Å². The predicted octanol–water partition coefficient (Wildman–Crippen LogP) is 11.0. The Morgan fingerprint density at radius 1 is 0.553 bits per heavy atom. The van der Waals surface area contributed by atoms with Gasteiger partial charge >= 0.3 is 19.8 Å². The molecule has 2 N–H and O–H groups in total. The zero-order chi connectivity index (χ0) is 34.7. The summed E-state index contributed by atoms with van der Waals surface area (Å²) in [5, 5.41) is 0. The molecule has 47 heavy (non-hydrogen) atoms. The van der Waals surface area contributed by atoms with E-state index < -0.39 is 32.5 Å². The standard InChI is InChI=1S/C38H69O8P/c1-3-5-7-9-11-13-15-16-17-18-19-20-21-23-25-27-29-31-33-38(40)46-36(35-45-47(41,42)43)34-44-37(39)32-30-28-26-24-22-14-12-10-8-6-4-2/h10,12-13,15,17-18,36H,3-9,11,14,16,19-35H2,1-2H3,(H2,41,42,43)/b12-10-,15-13-,18-17-. The van der Waals surface area contributed by atoms with Crippen LogP contribution >= 0.6 is 7.82 Å². The maximum atomic E-state index is 12.4. The lowest BCUT2D eigenvalue weighted by atomic mass is 10.1. The first-order chi connectivity index (χ1) is 22.8. The zero-order valence-electron chi connectivity index (χ0n) is 29.9. The largest absolute Gasteiger partial charge is 0.469 e. The van der Waals surface area contributed by atoms with Crippen LogP contribution in [0.5, 0.6) is 0 Å². The molecule has 1 unspecified atom stereocenters. The lowest BCUT2D eigenvalue weighted by Gasteiger charge is -2.18. The van der Waals surface area contributed by atoms with Crippen molar-refractivity contribution in [2.75, 3.05) is 13.2 Å². The summed E-state index contributed by atoms with van der Waals surface area (Å²) in [6.45, 7) is 3.60. The van der Waals surface area contributed by atoms with E-state index in [2.05, 4.69) is 54.8 Å². The number of unbranched alkanes of at least 4 members (excludes halogenated alkanes) is 18. The molecule has 0 rings (SSSR count). The van der Waals surface area contributed by atoms with Crippen LogP contribution in [0.25, 0.3) is 0 Å². The van der Waals surface area contributed by atoms with Gasteiger partial charge in [0.05, 0.1) is 6.61 Å². The highest BCUT2D eigenvalue weighted by Crippen LogP contribution is 2.36. The van der Waals surface area contributed by atoms with Gasteiger partial charge in [0.2, 0.25) is 0 Å². The van der Waals surface area contributed by atoms with Gasteiger partial charge in [0, 0.05) is 12.8 Å². The Morgan fingerprint density at radius 2 is 0.979 bits per heavy atom. The number of carbonyl (C=O) groups excluding carboxylic acids is 2. The smallest absolute Gasteiger partial charge is 0.462 e. The number of esters is 2. The second-order valence-electron chi connectivity index (χ2n) is 12.5. The van der Waals surface area contributed by atoms with Crippen LogP contribution in [-0.2, 0) is 28.2 Å². The van der Waals surface area contributed by atoms with Crippen LogP contribution in [0, 0.1) is 0 Å². The Labute approximate surface area is 287 Å². The minimum Gasteiger partial charge on any atom is -0.462 e. The van der Waals surface area contributed by atoms with Gasteiger partial charge in [0.15, 0.2) is 6.10 Å². The van der Waals surface area contributed by atoms with Crippen molar-refractivity contribution in [3.8, 4) is 0 Å². The Balaban J connectivity index is 3.97. The Kier molecular flexibility index (Phi) is 32.9. The molecule has 0 heterocycles. The van der Waals surface area contributed by atoms with E-state index in [0.717, 1.165) is 70.6 Å². The Bertz CT molecular complexity index is 864. The summed E-state index contributed by atoms with van der Waals surface area (Å²) in [6, 6.07) is 0. The molecule has 9 heteroatoms. The fourth-order valence-electron chi connectivity index (χ4n) is 5.03. The van der Waals surface area contributed by atoms with Crippen molar-refractivity contribution in [1.29, 1.82) is 0 Å². The average molecular weight is 685 g/mol. The molecule has 0 aromatic rings. The zero-order valence-corrected chi connectivity index (χ0v) is 30.8. The van der Waals surface area contributed by atoms with Crippen LogP contribution in [0.4, 0.5) is 0 Å². The predicted molar refractivity (Wildman–Crippen MR) is 193 cm³/mol. The number of allylic oxidation sites excluding steroid dienone is 6. The topological polar surface area (TPSA) is 119 Å². The van der Waals surface area contributed by atoms with Crippen LogP contribution in [0.1, 0.15) is 174 Å². The van der Waals surface area contributed by atoms with E-state index >= 15 is 0 Å². The molecule has 0 aliphatic rings. The monoisotopic (exact) mass is 684 g/mol. The first-order valence-corrected chi connectivity index (χ1v) is 20.3. The number of phosphoric acid groups is 1. The normalized spacial score (nSPS) is 12.9. The van der Waals surface area contributed by atoms with Gasteiger partial charge in [-0.25, -0.2) is 4.57 Å². The number of rotatable bonds is 34. The van der Waals surface area contributed by atoms with Gasteiger partial charge in [-0.3, -0.25) is 14.1 Å². The van der Waals surface area contributed by atoms with Crippen molar-refractivity contribution in [2.45, 2.75) is 180 Å². The highest BCUT2D eigenvalue weighted by atomic mass is 31.2. The molecule has 0 spiro atoms. The second kappa shape index (κ2) is 34.1. The molecule has 0 bridgehead atoms. The maximum Gasteiger partial charge on any atom is 0.469 e. The van der Waals surface area contributed by atoms with Gasteiger partial charge in [-0.15, -0.1) is 0 Å². The summed E-state index contributed by atoms with van der Waals surface area (Å²) in [5.41, 5.74) is 0. The molecule has 0 aliphatic carbocycles. The third-order valence-electron chi connectivity index (χ3n) is 7.88. The molecule has 0 saturated heterocycles. The highest BCUT2D eigenvalue weighted by Gasteiger charge is 2.22. The number of hydrogen-bond acceptors (Lipinski definition) is 6. The number of hydrogen-bond donors (Lipinski definition) is 2. The van der Waals surface area contributed by atoms with Crippen molar-refractivity contribution in [2.24, 2.45) is 0 Å². The van der Waals surface area contributed by atoms with E-state index in [4.69, 9.17) is 19.3 Å². The molecule has 8 nitrogen and oxygen atoms in total. The quantitative estimate of drug-likeness (QED) is 0.0297. The molecule has 0 amide bonds. The molecule has 0 aromatic heterocycles. The first-order valence-electron chi connectivity index (χ1n) is 18.8. The summed E-state index contributed by atoms with van der Waals surface area (Å²) in [5.74, 6) is -0.906. The highest BCUT2D eigenvalue weighted by molar-refractivity contribution is 7.46. The second-order valence-corrected chi connectivity index (χ2v) is 13.8. The minimum atomic E-state index is -4.75. The molecular weight excluding hydrogens is 615 g/mol.